The van der Waals surface area contributed by atoms with Crippen molar-refractivity contribution in [3.63, 3.8) is 0 Å². The van der Waals surface area contributed by atoms with E-state index in [1.165, 1.54) is 5.56 Å². The van der Waals surface area contributed by atoms with E-state index in [1.807, 2.05) is 44.2 Å². The van der Waals surface area contributed by atoms with Crippen LogP contribution in [0.3, 0.4) is 0 Å². The Hall–Kier alpha value is -2.77. The van der Waals surface area contributed by atoms with Crippen LogP contribution in [-0.2, 0) is 19.0 Å². The maximum atomic E-state index is 12.6. The summed E-state index contributed by atoms with van der Waals surface area (Å²) in [5, 5.41) is 0. The lowest BCUT2D eigenvalue weighted by atomic mass is 9.83. The first-order chi connectivity index (χ1) is 17.5. The molecule has 2 saturated heterocycles. The van der Waals surface area contributed by atoms with Gasteiger partial charge in [-0.1, -0.05) is 12.1 Å². The first kappa shape index (κ1) is 24.9. The summed E-state index contributed by atoms with van der Waals surface area (Å²) in [7, 11) is 0. The lowest BCUT2D eigenvalue weighted by molar-refractivity contribution is -0.152. The summed E-state index contributed by atoms with van der Waals surface area (Å²) in [4.78, 5) is 12.6. The molecule has 3 aliphatic rings. The van der Waals surface area contributed by atoms with Gasteiger partial charge in [0.2, 0.25) is 0 Å². The topological polar surface area (TPSA) is 79.1 Å². The molecule has 0 bridgehead atoms. The molecule has 194 valence electrons. The molecule has 0 aromatic heterocycles. The number of carbonyl (C=O) groups is 1. The Morgan fingerprint density at radius 2 is 1.53 bits per heavy atom. The van der Waals surface area contributed by atoms with Crippen LogP contribution in [0.4, 0.5) is 0 Å². The molecule has 5 rings (SSSR count). The zero-order valence-electron chi connectivity index (χ0n) is 21.1. The molecular weight excluding hydrogens is 460 g/mol. The molecule has 2 heterocycles. The van der Waals surface area contributed by atoms with E-state index in [0.717, 1.165) is 61.7 Å². The number of hydrogen-bond donors (Lipinski definition) is 0. The lowest BCUT2D eigenvalue weighted by Crippen LogP contribution is -2.26. The number of epoxide rings is 2. The second kappa shape index (κ2) is 11.5. The van der Waals surface area contributed by atoms with Gasteiger partial charge in [-0.2, -0.15) is 0 Å². The normalized spacial score (nSPS) is 25.5. The summed E-state index contributed by atoms with van der Waals surface area (Å²) >= 11 is 0. The summed E-state index contributed by atoms with van der Waals surface area (Å²) in [6.07, 6.45) is 4.22. The monoisotopic (exact) mass is 496 g/mol. The number of benzene rings is 2. The van der Waals surface area contributed by atoms with Gasteiger partial charge in [-0.05, 0) is 86.9 Å². The molecule has 2 aromatic carbocycles. The van der Waals surface area contributed by atoms with Crippen molar-refractivity contribution < 1.29 is 33.2 Å². The van der Waals surface area contributed by atoms with E-state index < -0.39 is 0 Å². The van der Waals surface area contributed by atoms with Gasteiger partial charge in [0.15, 0.2) is 0 Å². The number of ether oxygens (including phenoxy) is 6. The molecule has 0 radical (unpaired) electrons. The summed E-state index contributed by atoms with van der Waals surface area (Å²) in [6, 6.07) is 14.1. The summed E-state index contributed by atoms with van der Waals surface area (Å²) in [5.41, 5.74) is 2.30. The molecule has 3 unspecified atom stereocenters. The van der Waals surface area contributed by atoms with E-state index in [4.69, 9.17) is 28.4 Å². The van der Waals surface area contributed by atoms with Crippen molar-refractivity contribution in [1.82, 2.24) is 0 Å². The fraction of sp³-hybridized carbons (Fsp3) is 0.552. The third-order valence-electron chi connectivity index (χ3n) is 6.93. The molecule has 0 N–H and O–H groups in total. The SMILES string of the molecule is Cc1cc(OCC2CO2)ccc1OC(C)CC(=O)OC1CCC(c2ccc(OCC3CO3)cc2)CC1. The summed E-state index contributed by atoms with van der Waals surface area (Å²) in [6.45, 7) is 6.65. The average molecular weight is 497 g/mol. The van der Waals surface area contributed by atoms with Gasteiger partial charge in [-0.15, -0.1) is 0 Å². The Kier molecular flexibility index (Phi) is 7.97. The van der Waals surface area contributed by atoms with E-state index in [0.29, 0.717) is 19.1 Å². The zero-order valence-corrected chi connectivity index (χ0v) is 21.1. The molecule has 3 fully saturated rings. The predicted octanol–water partition coefficient (Wildman–Crippen LogP) is 4.98. The van der Waals surface area contributed by atoms with Gasteiger partial charge in [0.25, 0.3) is 0 Å². The minimum atomic E-state index is -0.272. The van der Waals surface area contributed by atoms with Crippen molar-refractivity contribution in [1.29, 1.82) is 0 Å². The van der Waals surface area contributed by atoms with Crippen molar-refractivity contribution in [2.75, 3.05) is 26.4 Å². The fourth-order valence-electron chi connectivity index (χ4n) is 4.63. The Morgan fingerprint density at radius 3 is 2.14 bits per heavy atom. The lowest BCUT2D eigenvalue weighted by Gasteiger charge is -2.29. The minimum Gasteiger partial charge on any atom is -0.491 e. The Bertz CT molecular complexity index is 1000. The van der Waals surface area contributed by atoms with Crippen LogP contribution in [0.5, 0.6) is 17.2 Å². The minimum absolute atomic E-state index is 0.0179. The van der Waals surface area contributed by atoms with Crippen LogP contribution in [0.2, 0.25) is 0 Å². The quantitative estimate of drug-likeness (QED) is 0.303. The number of hydrogen-bond acceptors (Lipinski definition) is 7. The molecule has 1 aliphatic carbocycles. The first-order valence-electron chi connectivity index (χ1n) is 13.1. The van der Waals surface area contributed by atoms with Crippen LogP contribution >= 0.6 is 0 Å². The number of esters is 1. The van der Waals surface area contributed by atoms with Gasteiger partial charge in [0.05, 0.1) is 19.6 Å². The Labute approximate surface area is 213 Å². The molecule has 0 spiro atoms. The number of aryl methyl sites for hydroxylation is 1. The highest BCUT2D eigenvalue weighted by atomic mass is 16.6. The Balaban J connectivity index is 1.01. The third kappa shape index (κ3) is 7.37. The predicted molar refractivity (Wildman–Crippen MR) is 134 cm³/mol. The second-order valence-electron chi connectivity index (χ2n) is 10.1. The van der Waals surface area contributed by atoms with Crippen LogP contribution in [0.15, 0.2) is 42.5 Å². The van der Waals surface area contributed by atoms with Crippen LogP contribution < -0.4 is 14.2 Å². The molecule has 1 saturated carbocycles. The number of rotatable bonds is 12. The molecular formula is C29H36O7. The highest BCUT2D eigenvalue weighted by Crippen LogP contribution is 2.35. The molecule has 36 heavy (non-hydrogen) atoms. The van der Waals surface area contributed by atoms with Crippen molar-refractivity contribution in [3.8, 4) is 17.2 Å². The molecule has 2 aliphatic heterocycles. The number of carbonyl (C=O) groups excluding carboxylic acids is 1. The van der Waals surface area contributed by atoms with Gasteiger partial charge in [0.1, 0.15) is 54.9 Å². The van der Waals surface area contributed by atoms with Crippen LogP contribution in [0, 0.1) is 6.92 Å². The molecule has 2 aromatic rings. The molecule has 7 nitrogen and oxygen atoms in total. The highest BCUT2D eigenvalue weighted by molar-refractivity contribution is 5.70. The summed E-state index contributed by atoms with van der Waals surface area (Å²) in [5.74, 6) is 2.73. The molecule has 3 atom stereocenters. The van der Waals surface area contributed by atoms with Crippen LogP contribution in [-0.4, -0.2) is 56.8 Å². The zero-order chi connectivity index (χ0) is 24.9. The standard InChI is InChI=1S/C29H36O7/c1-19-13-25(32-16-27-18-34-27)11-12-28(19)35-20(2)14-29(30)36-24-9-5-22(6-10-24)21-3-7-23(8-4-21)31-15-26-17-33-26/h3-4,7-8,11-13,20,22,24,26-27H,5-6,9-10,14-18H2,1-2H3. The van der Waals surface area contributed by atoms with Crippen molar-refractivity contribution in [2.45, 2.75) is 76.3 Å². The van der Waals surface area contributed by atoms with Gasteiger partial charge in [0, 0.05) is 0 Å². The van der Waals surface area contributed by atoms with Gasteiger partial charge in [-0.3, -0.25) is 4.79 Å². The van der Waals surface area contributed by atoms with E-state index >= 15 is 0 Å². The largest absolute Gasteiger partial charge is 0.491 e. The van der Waals surface area contributed by atoms with Crippen LogP contribution in [0.25, 0.3) is 0 Å². The van der Waals surface area contributed by atoms with Crippen molar-refractivity contribution in [2.24, 2.45) is 0 Å². The van der Waals surface area contributed by atoms with Gasteiger partial charge in [-0.25, -0.2) is 0 Å². The first-order valence-corrected chi connectivity index (χ1v) is 13.1. The van der Waals surface area contributed by atoms with Crippen LogP contribution in [0.1, 0.15) is 56.1 Å². The van der Waals surface area contributed by atoms with E-state index in [9.17, 15) is 4.79 Å². The second-order valence-corrected chi connectivity index (χ2v) is 10.1. The maximum absolute atomic E-state index is 12.6. The maximum Gasteiger partial charge on any atom is 0.309 e. The highest BCUT2D eigenvalue weighted by Gasteiger charge is 2.27. The fourth-order valence-corrected chi connectivity index (χ4v) is 4.63. The molecule has 0 amide bonds. The van der Waals surface area contributed by atoms with Gasteiger partial charge < -0.3 is 28.4 Å². The molecule has 7 heteroatoms. The van der Waals surface area contributed by atoms with E-state index in [-0.39, 0.29) is 36.8 Å². The van der Waals surface area contributed by atoms with E-state index in [1.54, 1.807) is 0 Å². The van der Waals surface area contributed by atoms with Crippen molar-refractivity contribution >= 4 is 5.97 Å². The van der Waals surface area contributed by atoms with E-state index in [2.05, 4.69) is 12.1 Å². The third-order valence-corrected chi connectivity index (χ3v) is 6.93. The summed E-state index contributed by atoms with van der Waals surface area (Å²) < 4.78 is 33.6. The smallest absolute Gasteiger partial charge is 0.309 e. The van der Waals surface area contributed by atoms with Crippen molar-refractivity contribution in [3.05, 3.63) is 53.6 Å². The Morgan fingerprint density at radius 1 is 0.917 bits per heavy atom. The van der Waals surface area contributed by atoms with Gasteiger partial charge >= 0.3 is 5.97 Å². The average Bonchev–Trinajstić information content (AvgIpc) is 3.79.